The molecule has 0 rings (SSSR count). The predicted molar refractivity (Wildman–Crippen MR) is 60.4 cm³/mol. The molecular weight excluding hydrogens is 233 g/mol. The Labute approximate surface area is 100 Å². The molecule has 17 heavy (non-hydrogen) atoms. The van der Waals surface area contributed by atoms with Crippen molar-refractivity contribution in [1.29, 1.82) is 0 Å². The molecule has 3 nitrogen and oxygen atoms in total. The van der Waals surface area contributed by atoms with Gasteiger partial charge in [0.1, 0.15) is 6.54 Å². The summed E-state index contributed by atoms with van der Waals surface area (Å²) in [6.45, 7) is 4.21. The van der Waals surface area contributed by atoms with Gasteiger partial charge in [0.05, 0.1) is 6.04 Å². The van der Waals surface area contributed by atoms with E-state index in [4.69, 9.17) is 5.73 Å². The molecular formula is C11H21F3N2O. The molecule has 0 aliphatic carbocycles. The summed E-state index contributed by atoms with van der Waals surface area (Å²) in [5, 5.41) is 0. The Hall–Kier alpha value is -0.780. The molecule has 1 unspecified atom stereocenters. The van der Waals surface area contributed by atoms with Crippen LogP contribution in [0, 0.1) is 5.92 Å². The van der Waals surface area contributed by atoms with Crippen LogP contribution in [-0.2, 0) is 4.79 Å². The van der Waals surface area contributed by atoms with E-state index < -0.39 is 24.7 Å². The van der Waals surface area contributed by atoms with Gasteiger partial charge in [-0.05, 0) is 12.3 Å². The van der Waals surface area contributed by atoms with Gasteiger partial charge in [-0.1, -0.05) is 27.2 Å². The smallest absolute Gasteiger partial charge is 0.332 e. The SMILES string of the molecule is CCCN(CC(F)(F)F)C(=O)[C@H](N)C(C)CC. The molecule has 0 saturated carbocycles. The van der Waals surface area contributed by atoms with Gasteiger partial charge in [0.25, 0.3) is 0 Å². The molecule has 0 heterocycles. The third-order valence-electron chi connectivity index (χ3n) is 2.72. The van der Waals surface area contributed by atoms with Crippen molar-refractivity contribution in [3.8, 4) is 0 Å². The lowest BCUT2D eigenvalue weighted by Gasteiger charge is -2.28. The van der Waals surface area contributed by atoms with Crippen LogP contribution in [0.5, 0.6) is 0 Å². The lowest BCUT2D eigenvalue weighted by atomic mass is 9.99. The first-order chi connectivity index (χ1) is 7.72. The number of amides is 1. The topological polar surface area (TPSA) is 46.3 Å². The highest BCUT2D eigenvalue weighted by molar-refractivity contribution is 5.82. The van der Waals surface area contributed by atoms with Crippen molar-refractivity contribution in [2.24, 2.45) is 11.7 Å². The van der Waals surface area contributed by atoms with Crippen molar-refractivity contribution in [2.75, 3.05) is 13.1 Å². The minimum absolute atomic E-state index is 0.0858. The summed E-state index contributed by atoms with van der Waals surface area (Å²) in [5.74, 6) is -0.728. The quantitative estimate of drug-likeness (QED) is 0.789. The standard InChI is InChI=1S/C11H21F3N2O/c1-4-6-16(7-11(12,13)14)10(17)9(15)8(3)5-2/h8-9H,4-7,15H2,1-3H3/t8?,9-/m1/s1. The zero-order valence-electron chi connectivity index (χ0n) is 10.5. The Kier molecular flexibility index (Phi) is 6.52. The summed E-state index contributed by atoms with van der Waals surface area (Å²) >= 11 is 0. The third kappa shape index (κ3) is 5.91. The van der Waals surface area contributed by atoms with Gasteiger partial charge >= 0.3 is 6.18 Å². The Balaban J connectivity index is 4.64. The molecule has 0 aromatic rings. The van der Waals surface area contributed by atoms with Gasteiger partial charge in [0.2, 0.25) is 5.91 Å². The number of halogens is 3. The zero-order chi connectivity index (χ0) is 13.6. The van der Waals surface area contributed by atoms with Crippen LogP contribution >= 0.6 is 0 Å². The normalized spacial score (nSPS) is 15.5. The summed E-state index contributed by atoms with van der Waals surface area (Å²) in [4.78, 5) is 12.6. The van der Waals surface area contributed by atoms with Crippen LogP contribution in [0.25, 0.3) is 0 Å². The average molecular weight is 254 g/mol. The van der Waals surface area contributed by atoms with Crippen LogP contribution in [0.4, 0.5) is 13.2 Å². The minimum Gasteiger partial charge on any atom is -0.332 e. The van der Waals surface area contributed by atoms with E-state index in [1.54, 1.807) is 13.8 Å². The van der Waals surface area contributed by atoms with E-state index in [1.807, 2.05) is 6.92 Å². The molecule has 0 aromatic heterocycles. The molecule has 2 atom stereocenters. The number of carbonyl (C=O) groups is 1. The fraction of sp³-hybridized carbons (Fsp3) is 0.909. The Morgan fingerprint density at radius 1 is 1.35 bits per heavy atom. The van der Waals surface area contributed by atoms with E-state index in [1.165, 1.54) is 0 Å². The lowest BCUT2D eigenvalue weighted by molar-refractivity contribution is -0.162. The molecule has 0 spiro atoms. The second-order valence-corrected chi connectivity index (χ2v) is 4.29. The maximum absolute atomic E-state index is 12.3. The molecule has 0 fully saturated rings. The summed E-state index contributed by atoms with van der Waals surface area (Å²) in [6.07, 6.45) is -3.23. The summed E-state index contributed by atoms with van der Waals surface area (Å²) in [5.41, 5.74) is 5.66. The lowest BCUT2D eigenvalue weighted by Crippen LogP contribution is -2.50. The van der Waals surface area contributed by atoms with Gasteiger partial charge in [0, 0.05) is 6.54 Å². The van der Waals surface area contributed by atoms with Crippen LogP contribution in [0.15, 0.2) is 0 Å². The Morgan fingerprint density at radius 3 is 2.24 bits per heavy atom. The highest BCUT2D eigenvalue weighted by Crippen LogP contribution is 2.18. The van der Waals surface area contributed by atoms with E-state index in [0.717, 1.165) is 4.90 Å². The zero-order valence-corrected chi connectivity index (χ0v) is 10.5. The first-order valence-electron chi connectivity index (χ1n) is 5.84. The maximum atomic E-state index is 12.3. The molecule has 6 heteroatoms. The van der Waals surface area contributed by atoms with Gasteiger partial charge in [-0.25, -0.2) is 0 Å². The van der Waals surface area contributed by atoms with Crippen LogP contribution < -0.4 is 5.73 Å². The summed E-state index contributed by atoms with van der Waals surface area (Å²) in [7, 11) is 0. The number of nitrogens with zero attached hydrogens (tertiary/aromatic N) is 1. The molecule has 0 bridgehead atoms. The number of carbonyl (C=O) groups excluding carboxylic acids is 1. The van der Waals surface area contributed by atoms with Gasteiger partial charge in [-0.2, -0.15) is 13.2 Å². The van der Waals surface area contributed by atoms with Crippen LogP contribution in [0.2, 0.25) is 0 Å². The summed E-state index contributed by atoms with van der Waals surface area (Å²) in [6, 6.07) is -0.853. The van der Waals surface area contributed by atoms with E-state index in [9.17, 15) is 18.0 Å². The highest BCUT2D eigenvalue weighted by Gasteiger charge is 2.35. The first kappa shape index (κ1) is 16.2. The van der Waals surface area contributed by atoms with Crippen LogP contribution in [0.3, 0.4) is 0 Å². The second-order valence-electron chi connectivity index (χ2n) is 4.29. The fourth-order valence-electron chi connectivity index (χ4n) is 1.46. The molecule has 0 aliphatic rings. The van der Waals surface area contributed by atoms with Crippen LogP contribution in [-0.4, -0.2) is 36.1 Å². The Morgan fingerprint density at radius 2 is 1.88 bits per heavy atom. The number of hydrogen-bond donors (Lipinski definition) is 1. The number of hydrogen-bond acceptors (Lipinski definition) is 2. The number of alkyl halides is 3. The molecule has 0 aliphatic heterocycles. The Bertz CT molecular complexity index is 243. The number of nitrogens with two attached hydrogens (primary N) is 1. The average Bonchev–Trinajstić information content (AvgIpc) is 2.23. The van der Waals surface area contributed by atoms with E-state index >= 15 is 0 Å². The number of rotatable bonds is 6. The van der Waals surface area contributed by atoms with E-state index in [-0.39, 0.29) is 12.5 Å². The molecule has 0 saturated heterocycles. The maximum Gasteiger partial charge on any atom is 0.406 e. The van der Waals surface area contributed by atoms with Crippen molar-refractivity contribution in [3.63, 3.8) is 0 Å². The van der Waals surface area contributed by atoms with Crippen molar-refractivity contribution in [1.82, 2.24) is 4.90 Å². The van der Waals surface area contributed by atoms with Crippen molar-refractivity contribution in [3.05, 3.63) is 0 Å². The molecule has 0 radical (unpaired) electrons. The van der Waals surface area contributed by atoms with Crippen LogP contribution in [0.1, 0.15) is 33.6 Å². The molecule has 2 N–H and O–H groups in total. The summed E-state index contributed by atoms with van der Waals surface area (Å²) < 4.78 is 36.9. The van der Waals surface area contributed by atoms with Crippen molar-refractivity contribution in [2.45, 2.75) is 45.8 Å². The highest BCUT2D eigenvalue weighted by atomic mass is 19.4. The minimum atomic E-state index is -4.37. The van der Waals surface area contributed by atoms with Gasteiger partial charge < -0.3 is 10.6 Å². The third-order valence-corrected chi connectivity index (χ3v) is 2.72. The fourth-order valence-corrected chi connectivity index (χ4v) is 1.46. The van der Waals surface area contributed by atoms with Crippen molar-refractivity contribution < 1.29 is 18.0 Å². The first-order valence-corrected chi connectivity index (χ1v) is 5.84. The largest absolute Gasteiger partial charge is 0.406 e. The molecule has 1 amide bonds. The monoisotopic (exact) mass is 254 g/mol. The van der Waals surface area contributed by atoms with Crippen molar-refractivity contribution >= 4 is 5.91 Å². The van der Waals surface area contributed by atoms with Gasteiger partial charge in [-0.3, -0.25) is 4.79 Å². The van der Waals surface area contributed by atoms with Gasteiger partial charge in [0.15, 0.2) is 0 Å². The van der Waals surface area contributed by atoms with E-state index in [0.29, 0.717) is 12.8 Å². The van der Waals surface area contributed by atoms with Gasteiger partial charge in [-0.15, -0.1) is 0 Å². The second kappa shape index (κ2) is 6.83. The molecule has 0 aromatic carbocycles. The molecule has 102 valence electrons. The predicted octanol–water partition coefficient (Wildman–Crippen LogP) is 2.16. The van der Waals surface area contributed by atoms with E-state index in [2.05, 4.69) is 0 Å².